The van der Waals surface area contributed by atoms with Crippen LogP contribution < -0.4 is 10.2 Å². The third kappa shape index (κ3) is 3.67. The van der Waals surface area contributed by atoms with Crippen LogP contribution in [0.3, 0.4) is 0 Å². The number of anilines is 1. The Labute approximate surface area is 189 Å². The first kappa shape index (κ1) is 20.4. The molecule has 0 aromatic carbocycles. The lowest BCUT2D eigenvalue weighted by atomic mass is 9.93. The van der Waals surface area contributed by atoms with Gasteiger partial charge in [0.15, 0.2) is 5.65 Å². The highest BCUT2D eigenvalue weighted by Gasteiger charge is 2.39. The number of nitrogens with one attached hydrogen (secondary N) is 1. The normalized spacial score (nSPS) is 23.8. The predicted octanol–water partition coefficient (Wildman–Crippen LogP) is 1.33. The van der Waals surface area contributed by atoms with Gasteiger partial charge in [0.2, 0.25) is 5.91 Å². The van der Waals surface area contributed by atoms with Crippen molar-refractivity contribution in [3.63, 3.8) is 0 Å². The van der Waals surface area contributed by atoms with E-state index in [2.05, 4.69) is 25.1 Å². The molecular formula is C24H35N7O. The highest BCUT2D eigenvalue weighted by atomic mass is 16.2. The van der Waals surface area contributed by atoms with Gasteiger partial charge in [-0.15, -0.1) is 0 Å². The topological polar surface area (TPSA) is 69.0 Å². The molecule has 6 rings (SSSR count). The Bertz CT molecular complexity index is 968. The van der Waals surface area contributed by atoms with Crippen LogP contribution in [0.2, 0.25) is 0 Å². The number of carbonyl (C=O) groups is 1. The number of nitrogens with zero attached hydrogens (tertiary/aromatic N) is 6. The van der Waals surface area contributed by atoms with Crippen molar-refractivity contribution in [1.82, 2.24) is 29.7 Å². The van der Waals surface area contributed by atoms with Crippen LogP contribution in [-0.2, 0) is 17.6 Å². The van der Waals surface area contributed by atoms with E-state index in [0.717, 1.165) is 82.7 Å². The van der Waals surface area contributed by atoms with E-state index in [0.29, 0.717) is 5.91 Å². The standard InChI is InChI=1S/C24H35N7O/c32-24(29-14-12-28(13-15-29)19-4-2-1-3-5-19)18-16-30(17-18)23-20-6-9-25-10-7-21(20)27-22-8-11-26-31(22)23/h8,11,18-19,25H,1-7,9-10,12-17H2. The molecule has 8 nitrogen and oxygen atoms in total. The number of hydrogen-bond acceptors (Lipinski definition) is 6. The maximum Gasteiger partial charge on any atom is 0.229 e. The Hall–Kier alpha value is -2.19. The van der Waals surface area contributed by atoms with Crippen LogP contribution in [-0.4, -0.2) is 88.7 Å². The number of carbonyl (C=O) groups excluding carboxylic acids is 1. The molecule has 5 heterocycles. The first-order chi connectivity index (χ1) is 15.8. The van der Waals surface area contributed by atoms with Gasteiger partial charge in [0.05, 0.1) is 17.8 Å². The second kappa shape index (κ2) is 8.63. The highest BCUT2D eigenvalue weighted by Crippen LogP contribution is 2.32. The molecule has 3 fully saturated rings. The molecule has 1 amide bonds. The fourth-order valence-corrected chi connectivity index (χ4v) is 6.16. The smallest absolute Gasteiger partial charge is 0.229 e. The molecule has 0 spiro atoms. The average molecular weight is 438 g/mol. The summed E-state index contributed by atoms with van der Waals surface area (Å²) in [5.41, 5.74) is 3.40. The number of aromatic nitrogens is 3. The van der Waals surface area contributed by atoms with Crippen molar-refractivity contribution in [2.24, 2.45) is 5.92 Å². The summed E-state index contributed by atoms with van der Waals surface area (Å²) in [6.45, 7) is 7.41. The molecule has 3 aliphatic heterocycles. The second-order valence-electron chi connectivity index (χ2n) is 9.97. The first-order valence-corrected chi connectivity index (χ1v) is 12.6. The van der Waals surface area contributed by atoms with E-state index in [9.17, 15) is 4.79 Å². The van der Waals surface area contributed by atoms with E-state index in [4.69, 9.17) is 4.98 Å². The zero-order chi connectivity index (χ0) is 21.5. The predicted molar refractivity (Wildman–Crippen MR) is 124 cm³/mol. The van der Waals surface area contributed by atoms with Crippen molar-refractivity contribution in [2.75, 3.05) is 57.3 Å². The van der Waals surface area contributed by atoms with Crippen LogP contribution >= 0.6 is 0 Å². The van der Waals surface area contributed by atoms with E-state index < -0.39 is 0 Å². The number of hydrogen-bond donors (Lipinski definition) is 1. The lowest BCUT2D eigenvalue weighted by molar-refractivity contribution is -0.138. The van der Waals surface area contributed by atoms with Crippen molar-refractivity contribution in [3.05, 3.63) is 23.5 Å². The Morgan fingerprint density at radius 3 is 2.59 bits per heavy atom. The van der Waals surface area contributed by atoms with Crippen molar-refractivity contribution in [1.29, 1.82) is 0 Å². The number of amides is 1. The Balaban J connectivity index is 1.11. The van der Waals surface area contributed by atoms with Crippen LogP contribution in [0, 0.1) is 5.92 Å². The van der Waals surface area contributed by atoms with Gasteiger partial charge in [-0.25, -0.2) is 4.98 Å². The van der Waals surface area contributed by atoms with Gasteiger partial charge in [0, 0.05) is 69.9 Å². The van der Waals surface area contributed by atoms with Crippen LogP contribution in [0.25, 0.3) is 5.65 Å². The Morgan fingerprint density at radius 1 is 1.00 bits per heavy atom. The number of fused-ring (bicyclic) bond motifs is 2. The molecule has 2 aromatic rings. The minimum atomic E-state index is 0.106. The molecular weight excluding hydrogens is 402 g/mol. The molecule has 1 saturated carbocycles. The van der Waals surface area contributed by atoms with Gasteiger partial charge in [0.25, 0.3) is 0 Å². The van der Waals surface area contributed by atoms with Crippen LogP contribution in [0.4, 0.5) is 5.82 Å². The van der Waals surface area contributed by atoms with Gasteiger partial charge in [-0.05, 0) is 25.8 Å². The number of piperazine rings is 1. The molecule has 1 N–H and O–H groups in total. The number of rotatable bonds is 3. The second-order valence-corrected chi connectivity index (χ2v) is 9.97. The Kier molecular flexibility index (Phi) is 5.51. The summed E-state index contributed by atoms with van der Waals surface area (Å²) in [5.74, 6) is 1.61. The minimum absolute atomic E-state index is 0.106. The van der Waals surface area contributed by atoms with Gasteiger partial charge in [-0.2, -0.15) is 9.61 Å². The summed E-state index contributed by atoms with van der Waals surface area (Å²) in [6, 6.07) is 2.74. The van der Waals surface area contributed by atoms with Crippen molar-refractivity contribution in [3.8, 4) is 0 Å². The van der Waals surface area contributed by atoms with Crippen molar-refractivity contribution < 1.29 is 4.79 Å². The largest absolute Gasteiger partial charge is 0.354 e. The molecule has 8 heteroatoms. The van der Waals surface area contributed by atoms with Crippen LogP contribution in [0.15, 0.2) is 12.3 Å². The summed E-state index contributed by atoms with van der Waals surface area (Å²) in [7, 11) is 0. The lowest BCUT2D eigenvalue weighted by Gasteiger charge is -2.45. The fourth-order valence-electron chi connectivity index (χ4n) is 6.16. The molecule has 2 aromatic heterocycles. The summed E-state index contributed by atoms with van der Waals surface area (Å²) >= 11 is 0. The summed E-state index contributed by atoms with van der Waals surface area (Å²) < 4.78 is 1.98. The van der Waals surface area contributed by atoms with Gasteiger partial charge in [0.1, 0.15) is 5.82 Å². The SMILES string of the molecule is O=C(C1CN(c2c3c(nc4ccnn24)CCNCC3)C1)N1CCN(C2CCCCC2)CC1. The molecule has 32 heavy (non-hydrogen) atoms. The Morgan fingerprint density at radius 2 is 1.78 bits per heavy atom. The zero-order valence-corrected chi connectivity index (χ0v) is 19.0. The zero-order valence-electron chi connectivity index (χ0n) is 19.0. The lowest BCUT2D eigenvalue weighted by Crippen LogP contribution is -2.59. The third-order valence-electron chi connectivity index (χ3n) is 8.03. The molecule has 4 aliphatic rings. The molecule has 0 atom stereocenters. The van der Waals surface area contributed by atoms with E-state index >= 15 is 0 Å². The molecule has 0 unspecified atom stereocenters. The summed E-state index contributed by atoms with van der Waals surface area (Å²) in [5, 5.41) is 8.05. The molecule has 172 valence electrons. The van der Waals surface area contributed by atoms with Crippen LogP contribution in [0.1, 0.15) is 43.4 Å². The maximum absolute atomic E-state index is 13.2. The third-order valence-corrected chi connectivity index (χ3v) is 8.03. The van der Waals surface area contributed by atoms with Crippen molar-refractivity contribution >= 4 is 17.4 Å². The maximum atomic E-state index is 13.2. The van der Waals surface area contributed by atoms with E-state index in [-0.39, 0.29) is 5.92 Å². The molecule has 2 saturated heterocycles. The van der Waals surface area contributed by atoms with Gasteiger partial charge >= 0.3 is 0 Å². The molecule has 1 aliphatic carbocycles. The first-order valence-electron chi connectivity index (χ1n) is 12.6. The summed E-state index contributed by atoms with van der Waals surface area (Å²) in [6.07, 6.45) is 10.6. The van der Waals surface area contributed by atoms with E-state index in [1.807, 2.05) is 16.8 Å². The van der Waals surface area contributed by atoms with E-state index in [1.165, 1.54) is 43.4 Å². The van der Waals surface area contributed by atoms with E-state index in [1.54, 1.807) is 0 Å². The highest BCUT2D eigenvalue weighted by molar-refractivity contribution is 5.82. The minimum Gasteiger partial charge on any atom is -0.354 e. The monoisotopic (exact) mass is 437 g/mol. The summed E-state index contributed by atoms with van der Waals surface area (Å²) in [4.78, 5) is 25.2. The average Bonchev–Trinajstić information content (AvgIpc) is 3.15. The molecule has 0 radical (unpaired) electrons. The molecule has 0 bridgehead atoms. The quantitative estimate of drug-likeness (QED) is 0.782. The van der Waals surface area contributed by atoms with Crippen molar-refractivity contribution in [2.45, 2.75) is 51.0 Å². The van der Waals surface area contributed by atoms with Crippen LogP contribution in [0.5, 0.6) is 0 Å². The fraction of sp³-hybridized carbons (Fsp3) is 0.708. The van der Waals surface area contributed by atoms with Gasteiger partial charge in [-0.1, -0.05) is 19.3 Å². The van der Waals surface area contributed by atoms with Gasteiger partial charge < -0.3 is 15.1 Å². The van der Waals surface area contributed by atoms with Gasteiger partial charge in [-0.3, -0.25) is 9.69 Å².